The van der Waals surface area contributed by atoms with Gasteiger partial charge in [-0.25, -0.2) is 4.98 Å². The van der Waals surface area contributed by atoms with Crippen molar-refractivity contribution >= 4 is 5.95 Å². The molecule has 0 aliphatic carbocycles. The van der Waals surface area contributed by atoms with E-state index in [4.69, 9.17) is 14.1 Å². The van der Waals surface area contributed by atoms with Crippen LogP contribution in [0.3, 0.4) is 0 Å². The van der Waals surface area contributed by atoms with Crippen LogP contribution in [-0.4, -0.2) is 46.7 Å². The van der Waals surface area contributed by atoms with Crippen LogP contribution in [0.5, 0.6) is 0 Å². The number of nitrogens with one attached hydrogen (secondary N) is 1. The lowest BCUT2D eigenvalue weighted by molar-refractivity contribution is -0.00576. The Morgan fingerprint density at radius 1 is 1.32 bits per heavy atom. The first-order valence-corrected chi connectivity index (χ1v) is 8.85. The molecule has 0 radical (unpaired) electrons. The Morgan fingerprint density at radius 3 is 2.84 bits per heavy atom. The number of hydrogen-bond donors (Lipinski definition) is 1. The molecule has 0 unspecified atom stereocenters. The zero-order chi connectivity index (χ0) is 17.4. The molecular formula is C18H24N4O3. The number of aromatic amines is 1. The van der Waals surface area contributed by atoms with Crippen LogP contribution in [0.25, 0.3) is 0 Å². The largest absolute Gasteiger partial charge is 0.468 e. The van der Waals surface area contributed by atoms with E-state index in [2.05, 4.69) is 14.8 Å². The summed E-state index contributed by atoms with van der Waals surface area (Å²) in [6, 6.07) is 3.87. The summed E-state index contributed by atoms with van der Waals surface area (Å²) in [6.45, 7) is 7.81. The van der Waals surface area contributed by atoms with E-state index < -0.39 is 0 Å². The maximum Gasteiger partial charge on any atom is 0.255 e. The van der Waals surface area contributed by atoms with E-state index in [1.807, 2.05) is 26.0 Å². The molecule has 2 aromatic rings. The van der Waals surface area contributed by atoms with Gasteiger partial charge in [0, 0.05) is 31.7 Å². The van der Waals surface area contributed by atoms with Crippen LogP contribution in [-0.2, 0) is 24.2 Å². The lowest BCUT2D eigenvalue weighted by Gasteiger charge is -2.36. The topological polar surface area (TPSA) is 74.6 Å². The van der Waals surface area contributed by atoms with E-state index in [9.17, 15) is 4.79 Å². The number of morpholine rings is 1. The van der Waals surface area contributed by atoms with Gasteiger partial charge in [0.2, 0.25) is 5.95 Å². The SMILES string of the molecule is C[C@@H]1CN(c2nc3c(c(=O)[nH]2)CCN(Cc2ccco2)C3)C[C@H](C)O1. The predicted octanol–water partition coefficient (Wildman–Crippen LogP) is 1.53. The molecule has 4 heterocycles. The second-order valence-corrected chi connectivity index (χ2v) is 7.02. The Labute approximate surface area is 146 Å². The highest BCUT2D eigenvalue weighted by Crippen LogP contribution is 2.21. The van der Waals surface area contributed by atoms with Crippen molar-refractivity contribution in [3.05, 3.63) is 45.8 Å². The maximum absolute atomic E-state index is 12.5. The van der Waals surface area contributed by atoms with E-state index in [1.54, 1.807) is 6.26 Å². The summed E-state index contributed by atoms with van der Waals surface area (Å²) in [7, 11) is 0. The van der Waals surface area contributed by atoms with Gasteiger partial charge in [0.25, 0.3) is 5.56 Å². The highest BCUT2D eigenvalue weighted by molar-refractivity contribution is 5.35. The van der Waals surface area contributed by atoms with Crippen molar-refractivity contribution in [1.29, 1.82) is 0 Å². The number of fused-ring (bicyclic) bond motifs is 1. The predicted molar refractivity (Wildman–Crippen MR) is 93.6 cm³/mol. The molecule has 25 heavy (non-hydrogen) atoms. The Balaban J connectivity index is 1.56. The Morgan fingerprint density at radius 2 is 2.12 bits per heavy atom. The molecule has 2 atom stereocenters. The van der Waals surface area contributed by atoms with Crippen molar-refractivity contribution in [1.82, 2.24) is 14.9 Å². The molecule has 2 aliphatic heterocycles. The zero-order valence-electron chi connectivity index (χ0n) is 14.7. The normalized spacial score (nSPS) is 24.3. The molecule has 7 heteroatoms. The molecule has 1 saturated heterocycles. The molecule has 0 saturated carbocycles. The number of furan rings is 1. The van der Waals surface area contributed by atoms with Crippen LogP contribution in [0.4, 0.5) is 5.95 Å². The fourth-order valence-corrected chi connectivity index (χ4v) is 3.74. The Hall–Kier alpha value is -2.12. The fraction of sp³-hybridized carbons (Fsp3) is 0.556. The standard InChI is InChI=1S/C18H24N4O3/c1-12-8-22(9-13(2)25-12)18-19-16-11-21(10-14-4-3-7-24-14)6-5-15(16)17(23)20-18/h3-4,7,12-13H,5-6,8-11H2,1-2H3,(H,19,20,23)/t12-,13+. The van der Waals surface area contributed by atoms with Crippen molar-refractivity contribution < 1.29 is 9.15 Å². The molecule has 2 aliphatic rings. The van der Waals surface area contributed by atoms with Gasteiger partial charge >= 0.3 is 0 Å². The summed E-state index contributed by atoms with van der Waals surface area (Å²) >= 11 is 0. The molecular weight excluding hydrogens is 320 g/mol. The van der Waals surface area contributed by atoms with E-state index in [1.165, 1.54) is 0 Å². The lowest BCUT2D eigenvalue weighted by Crippen LogP contribution is -2.47. The van der Waals surface area contributed by atoms with Crippen LogP contribution < -0.4 is 10.5 Å². The van der Waals surface area contributed by atoms with Crippen molar-refractivity contribution in [2.75, 3.05) is 24.5 Å². The van der Waals surface area contributed by atoms with E-state index >= 15 is 0 Å². The average molecular weight is 344 g/mol. The molecule has 2 aromatic heterocycles. The first kappa shape index (κ1) is 16.4. The lowest BCUT2D eigenvalue weighted by atomic mass is 10.1. The first-order chi connectivity index (χ1) is 12.1. The third kappa shape index (κ3) is 3.48. The summed E-state index contributed by atoms with van der Waals surface area (Å²) in [5.74, 6) is 1.59. The van der Waals surface area contributed by atoms with Crippen molar-refractivity contribution in [3.63, 3.8) is 0 Å². The maximum atomic E-state index is 12.5. The molecule has 0 aromatic carbocycles. The number of hydrogen-bond acceptors (Lipinski definition) is 6. The molecule has 1 fully saturated rings. The van der Waals surface area contributed by atoms with Crippen LogP contribution in [0.2, 0.25) is 0 Å². The van der Waals surface area contributed by atoms with Gasteiger partial charge in [-0.2, -0.15) is 0 Å². The molecule has 4 rings (SSSR count). The van der Waals surface area contributed by atoms with Gasteiger partial charge in [0.1, 0.15) is 5.76 Å². The van der Waals surface area contributed by atoms with Gasteiger partial charge in [-0.1, -0.05) is 0 Å². The van der Waals surface area contributed by atoms with E-state index in [-0.39, 0.29) is 17.8 Å². The van der Waals surface area contributed by atoms with Crippen LogP contribution >= 0.6 is 0 Å². The number of anilines is 1. The van der Waals surface area contributed by atoms with E-state index in [0.717, 1.165) is 43.2 Å². The second kappa shape index (κ2) is 6.65. The molecule has 0 bridgehead atoms. The van der Waals surface area contributed by atoms with E-state index in [0.29, 0.717) is 18.9 Å². The highest BCUT2D eigenvalue weighted by Gasteiger charge is 2.27. The van der Waals surface area contributed by atoms with Crippen molar-refractivity contribution in [3.8, 4) is 0 Å². The molecule has 1 N–H and O–H groups in total. The smallest absolute Gasteiger partial charge is 0.255 e. The van der Waals surface area contributed by atoms with Gasteiger partial charge in [-0.15, -0.1) is 0 Å². The second-order valence-electron chi connectivity index (χ2n) is 7.02. The summed E-state index contributed by atoms with van der Waals surface area (Å²) < 4.78 is 11.2. The number of aromatic nitrogens is 2. The molecule has 0 spiro atoms. The van der Waals surface area contributed by atoms with Gasteiger partial charge in [0.15, 0.2) is 0 Å². The summed E-state index contributed by atoms with van der Waals surface area (Å²) in [6.07, 6.45) is 2.66. The third-order valence-electron chi connectivity index (χ3n) is 4.82. The highest BCUT2D eigenvalue weighted by atomic mass is 16.5. The quantitative estimate of drug-likeness (QED) is 0.910. The first-order valence-electron chi connectivity index (χ1n) is 8.85. The van der Waals surface area contributed by atoms with Gasteiger partial charge in [-0.3, -0.25) is 14.7 Å². The number of H-pyrrole nitrogens is 1. The number of nitrogens with zero attached hydrogens (tertiary/aromatic N) is 3. The minimum Gasteiger partial charge on any atom is -0.468 e. The monoisotopic (exact) mass is 344 g/mol. The fourth-order valence-electron chi connectivity index (χ4n) is 3.74. The zero-order valence-corrected chi connectivity index (χ0v) is 14.7. The summed E-state index contributed by atoms with van der Waals surface area (Å²) in [5.41, 5.74) is 1.68. The van der Waals surface area contributed by atoms with Gasteiger partial charge in [0.05, 0.1) is 30.7 Å². The van der Waals surface area contributed by atoms with Crippen molar-refractivity contribution in [2.24, 2.45) is 0 Å². The van der Waals surface area contributed by atoms with Gasteiger partial charge < -0.3 is 14.1 Å². The minimum absolute atomic E-state index is 0.00977. The molecule has 0 amide bonds. The Bertz CT molecular complexity index is 776. The van der Waals surface area contributed by atoms with Crippen LogP contribution in [0, 0.1) is 0 Å². The minimum atomic E-state index is -0.00977. The third-order valence-corrected chi connectivity index (χ3v) is 4.82. The Kier molecular flexibility index (Phi) is 4.35. The molecule has 7 nitrogen and oxygen atoms in total. The molecule has 134 valence electrons. The van der Waals surface area contributed by atoms with Crippen molar-refractivity contribution in [2.45, 2.75) is 45.6 Å². The number of rotatable bonds is 3. The van der Waals surface area contributed by atoms with Crippen LogP contribution in [0.15, 0.2) is 27.6 Å². The summed E-state index contributed by atoms with van der Waals surface area (Å²) in [5, 5.41) is 0. The average Bonchev–Trinajstić information content (AvgIpc) is 3.06. The summed E-state index contributed by atoms with van der Waals surface area (Å²) in [4.78, 5) is 24.7. The van der Waals surface area contributed by atoms with Crippen LogP contribution in [0.1, 0.15) is 30.9 Å². The number of ether oxygens (including phenoxy) is 1. The van der Waals surface area contributed by atoms with Gasteiger partial charge in [-0.05, 0) is 32.4 Å².